The van der Waals surface area contributed by atoms with Gasteiger partial charge < -0.3 is 14.7 Å². The van der Waals surface area contributed by atoms with Crippen molar-refractivity contribution in [2.75, 3.05) is 20.1 Å². The van der Waals surface area contributed by atoms with Crippen molar-refractivity contribution in [1.82, 2.24) is 20.4 Å². The average Bonchev–Trinajstić information content (AvgIpc) is 3.36. The first-order valence-corrected chi connectivity index (χ1v) is 10.1. The lowest BCUT2D eigenvalue weighted by Gasteiger charge is -2.35. The van der Waals surface area contributed by atoms with Crippen molar-refractivity contribution in [3.63, 3.8) is 0 Å². The summed E-state index contributed by atoms with van der Waals surface area (Å²) in [4.78, 5) is 7.36. The van der Waals surface area contributed by atoms with Crippen molar-refractivity contribution in [1.29, 1.82) is 0 Å². The van der Waals surface area contributed by atoms with Crippen LogP contribution in [0.5, 0.6) is 0 Å². The molecule has 0 unspecified atom stereocenters. The van der Waals surface area contributed by atoms with Gasteiger partial charge in [-0.05, 0) is 69.4 Å². The van der Waals surface area contributed by atoms with Gasteiger partial charge in [-0.25, -0.2) is 0 Å². The molecule has 5 nitrogen and oxygen atoms in total. The molecule has 5 heteroatoms. The van der Waals surface area contributed by atoms with Crippen LogP contribution < -0.4 is 5.32 Å². The van der Waals surface area contributed by atoms with Gasteiger partial charge in [-0.15, -0.1) is 0 Å². The van der Waals surface area contributed by atoms with E-state index >= 15 is 0 Å². The van der Waals surface area contributed by atoms with Gasteiger partial charge in [0.15, 0.2) is 5.82 Å². The molecule has 0 amide bonds. The number of hydrogen-bond donors (Lipinski definition) is 1. The van der Waals surface area contributed by atoms with Gasteiger partial charge in [-0.3, -0.25) is 0 Å². The molecule has 1 N–H and O–H groups in total. The van der Waals surface area contributed by atoms with Crippen molar-refractivity contribution in [2.24, 2.45) is 5.92 Å². The number of nitrogens with one attached hydrogen (secondary N) is 1. The number of piperidine rings is 1. The first-order valence-electron chi connectivity index (χ1n) is 10.1. The van der Waals surface area contributed by atoms with Gasteiger partial charge in [-0.2, -0.15) is 4.98 Å². The minimum absolute atomic E-state index is 0.638. The smallest absolute Gasteiger partial charge is 0.257 e. The van der Waals surface area contributed by atoms with Gasteiger partial charge in [-0.1, -0.05) is 30.1 Å². The van der Waals surface area contributed by atoms with Crippen LogP contribution >= 0.6 is 0 Å². The summed E-state index contributed by atoms with van der Waals surface area (Å²) in [6, 6.07) is 9.19. The van der Waals surface area contributed by atoms with Crippen LogP contribution in [0.25, 0.3) is 11.5 Å². The number of aromatic nitrogens is 2. The number of rotatable bonds is 6. The molecule has 2 aromatic rings. The van der Waals surface area contributed by atoms with Crippen molar-refractivity contribution in [3.05, 3.63) is 35.7 Å². The third kappa shape index (κ3) is 4.15. The van der Waals surface area contributed by atoms with Crippen molar-refractivity contribution in [2.45, 2.75) is 57.5 Å². The standard InChI is InChI=1S/C21H30N4O/c1-22-15-17-6-8-18(9-7-17)21-23-20(24-26-21)14-16-10-12-25(13-11-16)19-4-2-3-5-19/h6-9,16,19,22H,2-5,10-15H2,1H3. The van der Waals surface area contributed by atoms with E-state index in [1.807, 2.05) is 7.05 Å². The van der Waals surface area contributed by atoms with Crippen LogP contribution in [0.3, 0.4) is 0 Å². The summed E-state index contributed by atoms with van der Waals surface area (Å²) in [6.45, 7) is 3.36. The van der Waals surface area contributed by atoms with Crippen LogP contribution in [-0.2, 0) is 13.0 Å². The molecule has 0 spiro atoms. The molecular formula is C21H30N4O. The van der Waals surface area contributed by atoms with Crippen LogP contribution in [0.2, 0.25) is 0 Å². The van der Waals surface area contributed by atoms with Crippen LogP contribution in [0.1, 0.15) is 49.9 Å². The number of nitrogens with zero attached hydrogens (tertiary/aromatic N) is 3. The minimum atomic E-state index is 0.638. The third-order valence-corrected chi connectivity index (χ3v) is 6.01. The molecule has 2 aliphatic rings. The fourth-order valence-electron chi connectivity index (χ4n) is 4.47. The van der Waals surface area contributed by atoms with E-state index in [1.165, 1.54) is 57.2 Å². The number of benzene rings is 1. The molecule has 1 aliphatic heterocycles. The van der Waals surface area contributed by atoms with Crippen LogP contribution in [0.15, 0.2) is 28.8 Å². The SMILES string of the molecule is CNCc1ccc(-c2nc(CC3CCN(C4CCCC4)CC3)no2)cc1. The van der Waals surface area contributed by atoms with E-state index in [-0.39, 0.29) is 0 Å². The predicted molar refractivity (Wildman–Crippen MR) is 103 cm³/mol. The Kier molecular flexibility index (Phi) is 5.65. The van der Waals surface area contributed by atoms with Gasteiger partial charge in [0.05, 0.1) is 0 Å². The van der Waals surface area contributed by atoms with Crippen LogP contribution in [-0.4, -0.2) is 41.2 Å². The summed E-state index contributed by atoms with van der Waals surface area (Å²) in [5.74, 6) is 2.19. The molecule has 1 aromatic carbocycles. The van der Waals surface area contributed by atoms with E-state index in [2.05, 4.69) is 44.6 Å². The Labute approximate surface area is 156 Å². The minimum Gasteiger partial charge on any atom is -0.334 e. The monoisotopic (exact) mass is 354 g/mol. The van der Waals surface area contributed by atoms with E-state index < -0.39 is 0 Å². The average molecular weight is 354 g/mol. The molecule has 1 saturated carbocycles. The summed E-state index contributed by atoms with van der Waals surface area (Å²) in [6.07, 6.45) is 9.13. The van der Waals surface area contributed by atoms with Gasteiger partial charge in [0.1, 0.15) is 0 Å². The highest BCUT2D eigenvalue weighted by Gasteiger charge is 2.27. The highest BCUT2D eigenvalue weighted by Crippen LogP contribution is 2.29. The summed E-state index contributed by atoms with van der Waals surface area (Å²) in [5.41, 5.74) is 2.25. The zero-order valence-electron chi connectivity index (χ0n) is 15.8. The Morgan fingerprint density at radius 3 is 2.50 bits per heavy atom. The topological polar surface area (TPSA) is 54.2 Å². The van der Waals surface area contributed by atoms with Crippen molar-refractivity contribution >= 4 is 0 Å². The maximum absolute atomic E-state index is 5.51. The second-order valence-electron chi connectivity index (χ2n) is 7.86. The molecule has 0 atom stereocenters. The summed E-state index contributed by atoms with van der Waals surface area (Å²) in [5, 5.41) is 7.39. The Morgan fingerprint density at radius 2 is 1.81 bits per heavy atom. The normalized spacial score (nSPS) is 20.0. The molecule has 26 heavy (non-hydrogen) atoms. The lowest BCUT2D eigenvalue weighted by atomic mass is 9.92. The highest BCUT2D eigenvalue weighted by molar-refractivity contribution is 5.53. The van der Waals surface area contributed by atoms with E-state index in [0.29, 0.717) is 11.8 Å². The second-order valence-corrected chi connectivity index (χ2v) is 7.86. The molecule has 1 aliphatic carbocycles. The molecule has 0 bridgehead atoms. The largest absolute Gasteiger partial charge is 0.334 e. The maximum atomic E-state index is 5.51. The summed E-state index contributed by atoms with van der Waals surface area (Å²) < 4.78 is 5.51. The van der Waals surface area contributed by atoms with Crippen LogP contribution in [0, 0.1) is 5.92 Å². The molecule has 2 fully saturated rings. The van der Waals surface area contributed by atoms with Gasteiger partial charge in [0, 0.05) is 24.6 Å². The second kappa shape index (κ2) is 8.31. The lowest BCUT2D eigenvalue weighted by Crippen LogP contribution is -2.40. The Bertz CT molecular complexity index is 682. The van der Waals surface area contributed by atoms with Gasteiger partial charge in [0.2, 0.25) is 0 Å². The van der Waals surface area contributed by atoms with Crippen molar-refractivity contribution in [3.8, 4) is 11.5 Å². The molecule has 4 rings (SSSR count). The Balaban J connectivity index is 1.31. The van der Waals surface area contributed by atoms with Crippen LogP contribution in [0.4, 0.5) is 0 Å². The zero-order valence-corrected chi connectivity index (χ0v) is 15.8. The Hall–Kier alpha value is -1.72. The predicted octanol–water partition coefficient (Wildman–Crippen LogP) is 3.65. The summed E-state index contributed by atoms with van der Waals surface area (Å²) in [7, 11) is 1.95. The number of likely N-dealkylation sites (tertiary alicyclic amines) is 1. The molecular weight excluding hydrogens is 324 g/mol. The van der Waals surface area contributed by atoms with E-state index in [4.69, 9.17) is 4.52 Å². The lowest BCUT2D eigenvalue weighted by molar-refractivity contribution is 0.133. The quantitative estimate of drug-likeness (QED) is 0.858. The molecule has 0 radical (unpaired) electrons. The number of hydrogen-bond acceptors (Lipinski definition) is 5. The Morgan fingerprint density at radius 1 is 1.08 bits per heavy atom. The first kappa shape index (κ1) is 17.7. The zero-order chi connectivity index (χ0) is 17.8. The maximum Gasteiger partial charge on any atom is 0.257 e. The van der Waals surface area contributed by atoms with E-state index in [9.17, 15) is 0 Å². The molecule has 1 aromatic heterocycles. The van der Waals surface area contributed by atoms with Crippen molar-refractivity contribution < 1.29 is 4.52 Å². The van der Waals surface area contributed by atoms with E-state index in [0.717, 1.165) is 30.4 Å². The van der Waals surface area contributed by atoms with E-state index in [1.54, 1.807) is 0 Å². The van der Waals surface area contributed by atoms with Gasteiger partial charge >= 0.3 is 0 Å². The fraction of sp³-hybridized carbons (Fsp3) is 0.619. The molecule has 1 saturated heterocycles. The highest BCUT2D eigenvalue weighted by atomic mass is 16.5. The molecule has 140 valence electrons. The third-order valence-electron chi connectivity index (χ3n) is 6.01. The molecule has 2 heterocycles. The fourth-order valence-corrected chi connectivity index (χ4v) is 4.47. The first-order chi connectivity index (χ1) is 12.8. The van der Waals surface area contributed by atoms with Gasteiger partial charge in [0.25, 0.3) is 5.89 Å². The summed E-state index contributed by atoms with van der Waals surface area (Å²) >= 11 is 0.